The highest BCUT2D eigenvalue weighted by Gasteiger charge is 2.34. The Morgan fingerprint density at radius 2 is 1.74 bits per heavy atom. The molecule has 3 amide bonds. The van der Waals surface area contributed by atoms with Crippen molar-refractivity contribution in [2.75, 3.05) is 18.4 Å². The quantitative estimate of drug-likeness (QED) is 0.671. The van der Waals surface area contributed by atoms with E-state index in [0.717, 1.165) is 12.5 Å². The smallest absolute Gasteiger partial charge is 0.264 e. The molecule has 0 saturated carbocycles. The lowest BCUT2D eigenvalue weighted by atomic mass is 10.1. The van der Waals surface area contributed by atoms with Crippen LogP contribution < -0.4 is 10.0 Å². The first-order chi connectivity index (χ1) is 14.6. The first-order valence-corrected chi connectivity index (χ1v) is 11.1. The number of rotatable bonds is 7. The summed E-state index contributed by atoms with van der Waals surface area (Å²) < 4.78 is 38.8. The van der Waals surface area contributed by atoms with E-state index >= 15 is 0 Å². The molecule has 2 aromatic carbocycles. The summed E-state index contributed by atoms with van der Waals surface area (Å²) >= 11 is 0. The third kappa shape index (κ3) is 5.88. The molecular formula is C21H22FN3O5S. The predicted molar refractivity (Wildman–Crippen MR) is 111 cm³/mol. The van der Waals surface area contributed by atoms with Gasteiger partial charge in [-0.2, -0.15) is 0 Å². The number of likely N-dealkylation sites (tertiary alicyclic amines) is 1. The van der Waals surface area contributed by atoms with Gasteiger partial charge < -0.3 is 10.2 Å². The summed E-state index contributed by atoms with van der Waals surface area (Å²) in [7, 11) is -3.95. The Labute approximate surface area is 179 Å². The van der Waals surface area contributed by atoms with Gasteiger partial charge in [-0.15, -0.1) is 0 Å². The number of hydrogen-bond acceptors (Lipinski definition) is 5. The van der Waals surface area contributed by atoms with Gasteiger partial charge in [-0.25, -0.2) is 17.5 Å². The molecule has 3 rings (SSSR count). The van der Waals surface area contributed by atoms with Crippen LogP contribution in [0.3, 0.4) is 0 Å². The molecule has 0 aliphatic carbocycles. The van der Waals surface area contributed by atoms with Gasteiger partial charge in [0.25, 0.3) is 10.0 Å². The molecule has 10 heteroatoms. The second-order valence-electron chi connectivity index (χ2n) is 7.29. The standard InChI is InChI=1S/C21H22FN3O5S/c1-14(26)24-31(29,30)19-8-6-18(7-9-19)23-21(28)16-12-20(27)25(13-16)11-10-15-2-4-17(22)5-3-15/h2-9,16H,10-13H2,1H3,(H,23,28)(H,24,26)/t16-/m0/s1. The maximum absolute atomic E-state index is 13.0. The monoisotopic (exact) mass is 447 g/mol. The highest BCUT2D eigenvalue weighted by atomic mass is 32.2. The van der Waals surface area contributed by atoms with Crippen LogP contribution in [0.1, 0.15) is 18.9 Å². The fourth-order valence-electron chi connectivity index (χ4n) is 3.29. The minimum atomic E-state index is -3.95. The number of sulfonamides is 1. The molecule has 1 aliphatic heterocycles. The SMILES string of the molecule is CC(=O)NS(=O)(=O)c1ccc(NC(=O)[C@H]2CC(=O)N(CCc3ccc(F)cc3)C2)cc1. The van der Waals surface area contributed by atoms with Gasteiger partial charge in [-0.3, -0.25) is 14.4 Å². The van der Waals surface area contributed by atoms with Crippen LogP contribution in [0.25, 0.3) is 0 Å². The first-order valence-electron chi connectivity index (χ1n) is 9.60. The number of benzene rings is 2. The van der Waals surface area contributed by atoms with Gasteiger partial charge in [0.05, 0.1) is 10.8 Å². The van der Waals surface area contributed by atoms with Crippen LogP contribution in [0.5, 0.6) is 0 Å². The zero-order valence-corrected chi connectivity index (χ0v) is 17.6. The Morgan fingerprint density at radius 3 is 2.35 bits per heavy atom. The lowest BCUT2D eigenvalue weighted by Gasteiger charge is -2.16. The fourth-order valence-corrected chi connectivity index (χ4v) is 4.28. The van der Waals surface area contributed by atoms with Gasteiger partial charge in [-0.1, -0.05) is 12.1 Å². The Kier molecular flexibility index (Phi) is 6.69. The lowest BCUT2D eigenvalue weighted by Crippen LogP contribution is -2.30. The molecule has 0 unspecified atom stereocenters. The minimum absolute atomic E-state index is 0.0875. The molecule has 8 nitrogen and oxygen atoms in total. The van der Waals surface area contributed by atoms with E-state index in [0.29, 0.717) is 18.7 Å². The van der Waals surface area contributed by atoms with Gasteiger partial charge >= 0.3 is 0 Å². The number of carbonyl (C=O) groups excluding carboxylic acids is 3. The van der Waals surface area contributed by atoms with Gasteiger partial charge in [0, 0.05) is 32.1 Å². The molecule has 0 spiro atoms. The number of anilines is 1. The Bertz CT molecular complexity index is 1090. The molecule has 0 aromatic heterocycles. The molecule has 1 heterocycles. The Hall–Kier alpha value is -3.27. The maximum atomic E-state index is 13.0. The van der Waals surface area contributed by atoms with Crippen molar-refractivity contribution in [1.29, 1.82) is 0 Å². The van der Waals surface area contributed by atoms with E-state index in [9.17, 15) is 27.2 Å². The van der Waals surface area contributed by atoms with E-state index in [4.69, 9.17) is 0 Å². The van der Waals surface area contributed by atoms with Crippen LogP contribution in [0.2, 0.25) is 0 Å². The van der Waals surface area contributed by atoms with E-state index in [1.54, 1.807) is 17.0 Å². The van der Waals surface area contributed by atoms with Crippen molar-refractivity contribution >= 4 is 33.4 Å². The zero-order valence-electron chi connectivity index (χ0n) is 16.8. The summed E-state index contributed by atoms with van der Waals surface area (Å²) in [6.07, 6.45) is 0.648. The largest absolute Gasteiger partial charge is 0.342 e. The zero-order chi connectivity index (χ0) is 22.6. The van der Waals surface area contributed by atoms with Crippen molar-refractivity contribution in [3.05, 3.63) is 59.9 Å². The van der Waals surface area contributed by atoms with Crippen LogP contribution in [0, 0.1) is 11.7 Å². The third-order valence-electron chi connectivity index (χ3n) is 4.88. The third-order valence-corrected chi connectivity index (χ3v) is 6.33. The van der Waals surface area contributed by atoms with Crippen molar-refractivity contribution in [2.45, 2.75) is 24.7 Å². The first kappa shape index (κ1) is 22.4. The molecule has 1 fully saturated rings. The van der Waals surface area contributed by atoms with Gasteiger partial charge in [0.1, 0.15) is 5.82 Å². The van der Waals surface area contributed by atoms with Crippen LogP contribution in [0.4, 0.5) is 10.1 Å². The number of carbonyl (C=O) groups is 3. The molecule has 2 N–H and O–H groups in total. The number of halogens is 1. The summed E-state index contributed by atoms with van der Waals surface area (Å²) in [5.41, 5.74) is 1.28. The van der Waals surface area contributed by atoms with Crippen molar-refractivity contribution in [1.82, 2.24) is 9.62 Å². The van der Waals surface area contributed by atoms with Crippen molar-refractivity contribution in [3.8, 4) is 0 Å². The molecule has 2 aromatic rings. The number of amides is 3. The predicted octanol–water partition coefficient (Wildman–Crippen LogP) is 1.68. The van der Waals surface area contributed by atoms with Gasteiger partial charge in [0.2, 0.25) is 17.7 Å². The second-order valence-corrected chi connectivity index (χ2v) is 8.97. The second kappa shape index (κ2) is 9.25. The van der Waals surface area contributed by atoms with Crippen LogP contribution in [0.15, 0.2) is 53.4 Å². The van der Waals surface area contributed by atoms with Crippen molar-refractivity contribution in [2.24, 2.45) is 5.92 Å². The average molecular weight is 447 g/mol. The summed E-state index contributed by atoms with van der Waals surface area (Å²) in [4.78, 5) is 37.3. The number of hydrogen-bond donors (Lipinski definition) is 2. The number of nitrogens with one attached hydrogen (secondary N) is 2. The summed E-state index contributed by atoms with van der Waals surface area (Å²) in [6.45, 7) is 1.81. The molecule has 0 radical (unpaired) electrons. The minimum Gasteiger partial charge on any atom is -0.342 e. The highest BCUT2D eigenvalue weighted by molar-refractivity contribution is 7.90. The Balaban J connectivity index is 1.55. The summed E-state index contributed by atoms with van der Waals surface area (Å²) in [5.74, 6) is -2.01. The fraction of sp³-hybridized carbons (Fsp3) is 0.286. The lowest BCUT2D eigenvalue weighted by molar-refractivity contribution is -0.128. The summed E-state index contributed by atoms with van der Waals surface area (Å²) in [6, 6.07) is 11.4. The van der Waals surface area contributed by atoms with E-state index in [2.05, 4.69) is 5.32 Å². The van der Waals surface area contributed by atoms with Crippen molar-refractivity contribution in [3.63, 3.8) is 0 Å². The molecule has 31 heavy (non-hydrogen) atoms. The molecule has 1 atom stereocenters. The molecular weight excluding hydrogens is 425 g/mol. The van der Waals surface area contributed by atoms with E-state index in [1.807, 2.05) is 4.72 Å². The average Bonchev–Trinajstić information content (AvgIpc) is 3.08. The summed E-state index contributed by atoms with van der Waals surface area (Å²) in [5, 5.41) is 2.68. The molecule has 1 saturated heterocycles. The van der Waals surface area contributed by atoms with E-state index in [-0.39, 0.29) is 35.5 Å². The highest BCUT2D eigenvalue weighted by Crippen LogP contribution is 2.21. The van der Waals surface area contributed by atoms with E-state index < -0.39 is 21.8 Å². The van der Waals surface area contributed by atoms with Gasteiger partial charge in [-0.05, 0) is 48.4 Å². The van der Waals surface area contributed by atoms with Crippen LogP contribution in [-0.4, -0.2) is 44.1 Å². The molecule has 164 valence electrons. The van der Waals surface area contributed by atoms with E-state index in [1.165, 1.54) is 36.4 Å². The Morgan fingerprint density at radius 1 is 1.10 bits per heavy atom. The van der Waals surface area contributed by atoms with Crippen LogP contribution in [-0.2, 0) is 30.8 Å². The molecule has 0 bridgehead atoms. The normalized spacial score (nSPS) is 16.3. The maximum Gasteiger partial charge on any atom is 0.264 e. The topological polar surface area (TPSA) is 113 Å². The van der Waals surface area contributed by atoms with Crippen LogP contribution >= 0.6 is 0 Å². The molecule has 1 aliphatic rings. The number of nitrogens with zero attached hydrogens (tertiary/aromatic N) is 1. The van der Waals surface area contributed by atoms with Crippen molar-refractivity contribution < 1.29 is 27.2 Å². The van der Waals surface area contributed by atoms with Gasteiger partial charge in [0.15, 0.2) is 0 Å².